The second-order valence-electron chi connectivity index (χ2n) is 10.0. The van der Waals surface area contributed by atoms with Gasteiger partial charge in [-0.1, -0.05) is 84.5 Å². The summed E-state index contributed by atoms with van der Waals surface area (Å²) >= 11 is 0. The van der Waals surface area contributed by atoms with Gasteiger partial charge in [-0.15, -0.1) is 0 Å². The maximum absolute atomic E-state index is 6.05. The molecule has 3 heteroatoms. The lowest BCUT2D eigenvalue weighted by molar-refractivity contribution is 0.191. The van der Waals surface area contributed by atoms with Gasteiger partial charge in [0.05, 0.1) is 6.61 Å². The summed E-state index contributed by atoms with van der Waals surface area (Å²) in [6.07, 6.45) is 24.0. The van der Waals surface area contributed by atoms with E-state index >= 15 is 0 Å². The molecule has 1 aliphatic rings. The third-order valence-corrected chi connectivity index (χ3v) is 7.37. The highest BCUT2D eigenvalue weighted by Crippen LogP contribution is 2.36. The minimum Gasteiger partial charge on any atom is -0.494 e. The third kappa shape index (κ3) is 9.10. The Labute approximate surface area is 202 Å². The van der Waals surface area contributed by atoms with E-state index in [4.69, 9.17) is 4.74 Å². The number of ether oxygens (including phenoxy) is 1. The van der Waals surface area contributed by atoms with Crippen LogP contribution >= 0.6 is 0 Å². The van der Waals surface area contributed by atoms with E-state index in [0.717, 1.165) is 48.4 Å². The van der Waals surface area contributed by atoms with Crippen molar-refractivity contribution in [2.45, 2.75) is 110 Å². The fraction of sp³-hybridized carbons (Fsp3) is 0.667. The Hall–Kier alpha value is -1.90. The zero-order chi connectivity index (χ0) is 23.1. The maximum Gasteiger partial charge on any atom is 0.159 e. The molecular formula is C30H46N2O. The molecule has 0 aliphatic heterocycles. The van der Waals surface area contributed by atoms with Crippen molar-refractivity contribution in [3.63, 3.8) is 0 Å². The molecule has 182 valence electrons. The first-order chi connectivity index (χ1) is 16.3. The van der Waals surface area contributed by atoms with E-state index in [1.165, 1.54) is 89.0 Å². The molecule has 2 atom stereocenters. The van der Waals surface area contributed by atoms with Gasteiger partial charge in [0.25, 0.3) is 0 Å². The van der Waals surface area contributed by atoms with Crippen molar-refractivity contribution >= 4 is 0 Å². The molecule has 0 bridgehead atoms. The minimum atomic E-state index is 0.798. The monoisotopic (exact) mass is 450 g/mol. The topological polar surface area (TPSA) is 35.0 Å². The Morgan fingerprint density at radius 1 is 0.758 bits per heavy atom. The summed E-state index contributed by atoms with van der Waals surface area (Å²) in [5.74, 6) is 3.64. The molecule has 0 radical (unpaired) electrons. The van der Waals surface area contributed by atoms with Crippen LogP contribution in [0.4, 0.5) is 0 Å². The van der Waals surface area contributed by atoms with Gasteiger partial charge in [0.2, 0.25) is 0 Å². The highest BCUT2D eigenvalue weighted by Gasteiger charge is 2.24. The number of hydrogen-bond donors (Lipinski definition) is 0. The van der Waals surface area contributed by atoms with Crippen molar-refractivity contribution in [3.05, 3.63) is 42.2 Å². The molecule has 0 spiro atoms. The molecule has 3 rings (SSSR count). The van der Waals surface area contributed by atoms with E-state index in [1.807, 2.05) is 12.4 Å². The van der Waals surface area contributed by atoms with Crippen LogP contribution in [-0.4, -0.2) is 16.6 Å². The molecule has 0 saturated heterocycles. The van der Waals surface area contributed by atoms with Crippen molar-refractivity contribution < 1.29 is 4.74 Å². The van der Waals surface area contributed by atoms with Crippen LogP contribution < -0.4 is 4.74 Å². The number of unbranched alkanes of at least 4 members (excludes halogenated alkanes) is 5. The molecule has 1 aromatic carbocycles. The van der Waals surface area contributed by atoms with E-state index in [9.17, 15) is 0 Å². The van der Waals surface area contributed by atoms with E-state index in [2.05, 4.69) is 48.1 Å². The first-order valence-corrected chi connectivity index (χ1v) is 13.8. The predicted molar refractivity (Wildman–Crippen MR) is 140 cm³/mol. The molecule has 2 unspecified atom stereocenters. The molecule has 1 saturated carbocycles. The Kier molecular flexibility index (Phi) is 11.8. The van der Waals surface area contributed by atoms with Crippen molar-refractivity contribution in [2.24, 2.45) is 11.8 Å². The van der Waals surface area contributed by atoms with E-state index in [-0.39, 0.29) is 0 Å². The van der Waals surface area contributed by atoms with Gasteiger partial charge in [0, 0.05) is 18.0 Å². The quantitative estimate of drug-likeness (QED) is 0.254. The normalized spacial score (nSPS) is 18.4. The molecule has 2 aromatic rings. The minimum absolute atomic E-state index is 0.798. The lowest BCUT2D eigenvalue weighted by Gasteiger charge is -2.31. The zero-order valence-corrected chi connectivity index (χ0v) is 21.2. The summed E-state index contributed by atoms with van der Waals surface area (Å²) in [5, 5.41) is 0. The average Bonchev–Trinajstić information content (AvgIpc) is 2.86. The number of aryl methyl sites for hydroxylation is 1. The van der Waals surface area contributed by atoms with E-state index in [1.54, 1.807) is 0 Å². The Bertz CT molecular complexity index is 756. The van der Waals surface area contributed by atoms with Crippen LogP contribution in [0.1, 0.15) is 109 Å². The second-order valence-corrected chi connectivity index (χ2v) is 10.0. The van der Waals surface area contributed by atoms with Crippen LogP contribution in [0, 0.1) is 11.8 Å². The van der Waals surface area contributed by atoms with Crippen LogP contribution in [0.5, 0.6) is 5.75 Å². The van der Waals surface area contributed by atoms with Crippen LogP contribution in [0.15, 0.2) is 36.7 Å². The smallest absolute Gasteiger partial charge is 0.159 e. The highest BCUT2D eigenvalue weighted by atomic mass is 16.5. The first-order valence-electron chi connectivity index (χ1n) is 13.8. The van der Waals surface area contributed by atoms with Gasteiger partial charge in [0.1, 0.15) is 5.75 Å². The Morgan fingerprint density at radius 2 is 1.39 bits per heavy atom. The van der Waals surface area contributed by atoms with Gasteiger partial charge in [-0.2, -0.15) is 0 Å². The van der Waals surface area contributed by atoms with Crippen LogP contribution in [-0.2, 0) is 6.42 Å². The molecule has 3 nitrogen and oxygen atoms in total. The summed E-state index contributed by atoms with van der Waals surface area (Å²) in [6.45, 7) is 5.39. The van der Waals surface area contributed by atoms with Crippen LogP contribution in [0.2, 0.25) is 0 Å². The Balaban J connectivity index is 1.38. The molecule has 1 aromatic heterocycles. The third-order valence-electron chi connectivity index (χ3n) is 7.37. The fourth-order valence-electron chi connectivity index (χ4n) is 5.31. The summed E-state index contributed by atoms with van der Waals surface area (Å²) in [4.78, 5) is 9.19. The van der Waals surface area contributed by atoms with Crippen molar-refractivity contribution in [1.29, 1.82) is 0 Å². The summed E-state index contributed by atoms with van der Waals surface area (Å²) in [6, 6.07) is 8.28. The van der Waals surface area contributed by atoms with Gasteiger partial charge in [0.15, 0.2) is 5.82 Å². The highest BCUT2D eigenvalue weighted by molar-refractivity contribution is 5.55. The standard InChI is InChI=1S/C30H46N2O/c1-3-5-7-8-9-13-25-23-31-30(32-24-25)28-18-20-29(21-19-28)33-22-12-17-27-16-11-10-15-26(27)14-6-4-2/h18-21,23-24,26-27H,3-17,22H2,1-2H3. The van der Waals surface area contributed by atoms with E-state index < -0.39 is 0 Å². The van der Waals surface area contributed by atoms with E-state index in [0.29, 0.717) is 0 Å². The summed E-state index contributed by atoms with van der Waals surface area (Å²) in [7, 11) is 0. The summed E-state index contributed by atoms with van der Waals surface area (Å²) in [5.41, 5.74) is 2.29. The summed E-state index contributed by atoms with van der Waals surface area (Å²) < 4.78 is 6.05. The SMILES string of the molecule is CCCCCCCc1cnc(-c2ccc(OCCCC3CCCCC3CCCC)cc2)nc1. The zero-order valence-electron chi connectivity index (χ0n) is 21.2. The van der Waals surface area contributed by atoms with Gasteiger partial charge in [-0.05, 0) is 67.3 Å². The number of hydrogen-bond acceptors (Lipinski definition) is 3. The molecule has 33 heavy (non-hydrogen) atoms. The van der Waals surface area contributed by atoms with Gasteiger partial charge < -0.3 is 4.74 Å². The van der Waals surface area contributed by atoms with Gasteiger partial charge in [-0.3, -0.25) is 0 Å². The molecule has 0 amide bonds. The van der Waals surface area contributed by atoms with Crippen LogP contribution in [0.3, 0.4) is 0 Å². The van der Waals surface area contributed by atoms with Crippen molar-refractivity contribution in [1.82, 2.24) is 9.97 Å². The van der Waals surface area contributed by atoms with Crippen molar-refractivity contribution in [3.8, 4) is 17.1 Å². The Morgan fingerprint density at radius 3 is 2.06 bits per heavy atom. The van der Waals surface area contributed by atoms with Crippen molar-refractivity contribution in [2.75, 3.05) is 6.61 Å². The lowest BCUT2D eigenvalue weighted by atomic mass is 9.75. The molecule has 0 N–H and O–H groups in total. The average molecular weight is 451 g/mol. The fourth-order valence-corrected chi connectivity index (χ4v) is 5.31. The predicted octanol–water partition coefficient (Wildman–Crippen LogP) is 8.81. The number of benzene rings is 1. The maximum atomic E-state index is 6.05. The number of rotatable bonds is 15. The van der Waals surface area contributed by atoms with Gasteiger partial charge in [-0.25, -0.2) is 9.97 Å². The molecule has 1 aliphatic carbocycles. The lowest BCUT2D eigenvalue weighted by Crippen LogP contribution is -2.20. The number of nitrogens with zero attached hydrogens (tertiary/aromatic N) is 2. The molecular weight excluding hydrogens is 404 g/mol. The largest absolute Gasteiger partial charge is 0.494 e. The molecule has 1 fully saturated rings. The first kappa shape index (κ1) is 25.7. The molecule has 1 heterocycles. The van der Waals surface area contributed by atoms with Gasteiger partial charge >= 0.3 is 0 Å². The number of aromatic nitrogens is 2. The van der Waals surface area contributed by atoms with Crippen LogP contribution in [0.25, 0.3) is 11.4 Å². The second kappa shape index (κ2) is 15.1.